The Morgan fingerprint density at radius 1 is 1.05 bits per heavy atom. The maximum Gasteiger partial charge on any atom is 0.254 e. The molecule has 2 aromatic rings. The maximum atomic E-state index is 12.6. The van der Waals surface area contributed by atoms with E-state index in [1.54, 1.807) is 29.2 Å². The molecule has 108 valence electrons. The van der Waals surface area contributed by atoms with Gasteiger partial charge < -0.3 is 15.1 Å². The first-order valence-corrected chi connectivity index (χ1v) is 6.94. The van der Waals surface area contributed by atoms with E-state index in [4.69, 9.17) is 0 Å². The summed E-state index contributed by atoms with van der Waals surface area (Å²) in [4.78, 5) is 14.4. The van der Waals surface area contributed by atoms with Gasteiger partial charge >= 0.3 is 0 Å². The van der Waals surface area contributed by atoms with Gasteiger partial charge in [0.15, 0.2) is 0 Å². The molecule has 1 amide bonds. The molecule has 0 atom stereocenters. The van der Waals surface area contributed by atoms with Gasteiger partial charge in [-0.3, -0.25) is 4.79 Å². The van der Waals surface area contributed by atoms with Crippen molar-refractivity contribution < 1.29 is 15.0 Å². The molecule has 0 radical (unpaired) electrons. The van der Waals surface area contributed by atoms with Crippen LogP contribution in [0.5, 0.6) is 11.5 Å². The van der Waals surface area contributed by atoms with Gasteiger partial charge in [-0.05, 0) is 60.4 Å². The first-order valence-electron chi connectivity index (χ1n) is 6.94. The van der Waals surface area contributed by atoms with E-state index in [0.717, 1.165) is 17.5 Å². The molecule has 21 heavy (non-hydrogen) atoms. The Balaban J connectivity index is 1.87. The molecule has 2 N–H and O–H groups in total. The Kier molecular flexibility index (Phi) is 3.29. The van der Waals surface area contributed by atoms with Crippen LogP contribution in [0.25, 0.3) is 0 Å². The van der Waals surface area contributed by atoms with E-state index in [9.17, 15) is 15.0 Å². The fourth-order valence-electron chi connectivity index (χ4n) is 2.78. The number of rotatable bonds is 1. The summed E-state index contributed by atoms with van der Waals surface area (Å²) in [7, 11) is 0. The van der Waals surface area contributed by atoms with E-state index < -0.39 is 0 Å². The summed E-state index contributed by atoms with van der Waals surface area (Å²) >= 11 is 0. The smallest absolute Gasteiger partial charge is 0.254 e. The van der Waals surface area contributed by atoms with Gasteiger partial charge in [0, 0.05) is 18.7 Å². The highest BCUT2D eigenvalue weighted by Gasteiger charge is 2.23. The number of carbonyl (C=O) groups excluding carboxylic acids is 1. The molecule has 0 aromatic heterocycles. The number of hydrogen-bond donors (Lipinski definition) is 2. The summed E-state index contributed by atoms with van der Waals surface area (Å²) in [6.07, 6.45) is 0.790. The second kappa shape index (κ2) is 5.13. The second-order valence-corrected chi connectivity index (χ2v) is 5.43. The number of benzene rings is 2. The molecule has 3 rings (SSSR count). The SMILES string of the molecule is Cc1cc(O)ccc1C(=O)N1CCc2ccc(O)cc2C1. The summed E-state index contributed by atoms with van der Waals surface area (Å²) in [5, 5.41) is 19.0. The Morgan fingerprint density at radius 3 is 2.52 bits per heavy atom. The quantitative estimate of drug-likeness (QED) is 0.845. The van der Waals surface area contributed by atoms with Crippen molar-refractivity contribution in [2.24, 2.45) is 0 Å². The van der Waals surface area contributed by atoms with E-state index in [2.05, 4.69) is 0 Å². The standard InChI is InChI=1S/C17H17NO3/c1-11-8-14(19)4-5-16(11)17(21)18-7-6-12-2-3-15(20)9-13(12)10-18/h2-5,8-9,19-20H,6-7,10H2,1H3. The number of aryl methyl sites for hydroxylation is 1. The number of fused-ring (bicyclic) bond motifs is 1. The van der Waals surface area contributed by atoms with Crippen molar-refractivity contribution in [3.63, 3.8) is 0 Å². The zero-order chi connectivity index (χ0) is 15.0. The average Bonchev–Trinajstić information content (AvgIpc) is 2.46. The third-order valence-electron chi connectivity index (χ3n) is 3.93. The summed E-state index contributed by atoms with van der Waals surface area (Å²) in [6, 6.07) is 10.1. The molecule has 4 nitrogen and oxygen atoms in total. The van der Waals surface area contributed by atoms with E-state index in [0.29, 0.717) is 18.7 Å². The first kappa shape index (κ1) is 13.5. The van der Waals surface area contributed by atoms with Crippen molar-refractivity contribution in [2.45, 2.75) is 19.9 Å². The van der Waals surface area contributed by atoms with Crippen molar-refractivity contribution in [2.75, 3.05) is 6.54 Å². The topological polar surface area (TPSA) is 60.8 Å². The molecule has 0 aliphatic carbocycles. The molecule has 0 saturated carbocycles. The van der Waals surface area contributed by atoms with Gasteiger partial charge in [-0.1, -0.05) is 6.07 Å². The van der Waals surface area contributed by atoms with Gasteiger partial charge in [0.2, 0.25) is 0 Å². The van der Waals surface area contributed by atoms with Crippen LogP contribution in [-0.2, 0) is 13.0 Å². The molecule has 0 spiro atoms. The maximum absolute atomic E-state index is 12.6. The average molecular weight is 283 g/mol. The van der Waals surface area contributed by atoms with Crippen LogP contribution in [0.15, 0.2) is 36.4 Å². The van der Waals surface area contributed by atoms with Crippen molar-refractivity contribution in [3.8, 4) is 11.5 Å². The summed E-state index contributed by atoms with van der Waals surface area (Å²) < 4.78 is 0. The van der Waals surface area contributed by atoms with Gasteiger partial charge in [-0.25, -0.2) is 0 Å². The van der Waals surface area contributed by atoms with Gasteiger partial charge in [-0.15, -0.1) is 0 Å². The third kappa shape index (κ3) is 2.57. The number of amides is 1. The van der Waals surface area contributed by atoms with E-state index in [-0.39, 0.29) is 17.4 Å². The van der Waals surface area contributed by atoms with Gasteiger partial charge in [0.25, 0.3) is 5.91 Å². The van der Waals surface area contributed by atoms with Crippen molar-refractivity contribution in [1.29, 1.82) is 0 Å². The minimum atomic E-state index is -0.0403. The van der Waals surface area contributed by atoms with Crippen molar-refractivity contribution in [3.05, 3.63) is 58.7 Å². The Hall–Kier alpha value is -2.49. The number of carbonyl (C=O) groups is 1. The highest BCUT2D eigenvalue weighted by molar-refractivity contribution is 5.96. The molecule has 1 aliphatic rings. The third-order valence-corrected chi connectivity index (χ3v) is 3.93. The predicted octanol–water partition coefficient (Wildman–Crippen LogP) is 2.60. The van der Waals surface area contributed by atoms with Crippen LogP contribution in [-0.4, -0.2) is 27.6 Å². The lowest BCUT2D eigenvalue weighted by molar-refractivity contribution is 0.0733. The molecule has 1 aliphatic heterocycles. The van der Waals surface area contributed by atoms with E-state index in [1.165, 1.54) is 11.6 Å². The van der Waals surface area contributed by atoms with Crippen LogP contribution in [0.4, 0.5) is 0 Å². The van der Waals surface area contributed by atoms with Crippen LogP contribution in [0.2, 0.25) is 0 Å². The minimum absolute atomic E-state index is 0.0403. The first-order chi connectivity index (χ1) is 10.0. The molecule has 2 aromatic carbocycles. The molecule has 4 heteroatoms. The lowest BCUT2D eigenvalue weighted by Gasteiger charge is -2.29. The lowest BCUT2D eigenvalue weighted by atomic mass is 9.98. The molecule has 0 fully saturated rings. The Labute approximate surface area is 123 Å². The molecule has 0 saturated heterocycles. The summed E-state index contributed by atoms with van der Waals surface area (Å²) in [5.41, 5.74) is 3.54. The zero-order valence-corrected chi connectivity index (χ0v) is 11.8. The molecule has 0 bridgehead atoms. The van der Waals surface area contributed by atoms with Crippen LogP contribution >= 0.6 is 0 Å². The normalized spacial score (nSPS) is 13.9. The number of nitrogens with zero attached hydrogens (tertiary/aromatic N) is 1. The minimum Gasteiger partial charge on any atom is -0.508 e. The molecule has 1 heterocycles. The summed E-state index contributed by atoms with van der Waals surface area (Å²) in [5.74, 6) is 0.350. The van der Waals surface area contributed by atoms with Crippen LogP contribution in [0, 0.1) is 6.92 Å². The molecular weight excluding hydrogens is 266 g/mol. The van der Waals surface area contributed by atoms with E-state index >= 15 is 0 Å². The largest absolute Gasteiger partial charge is 0.508 e. The lowest BCUT2D eigenvalue weighted by Crippen LogP contribution is -2.36. The summed E-state index contributed by atoms with van der Waals surface area (Å²) in [6.45, 7) is 2.98. The predicted molar refractivity (Wildman–Crippen MR) is 79.4 cm³/mol. The molecule has 0 unspecified atom stereocenters. The van der Waals surface area contributed by atoms with Gasteiger partial charge in [0.1, 0.15) is 11.5 Å². The Bertz CT molecular complexity index is 709. The monoisotopic (exact) mass is 283 g/mol. The van der Waals surface area contributed by atoms with Gasteiger partial charge in [-0.2, -0.15) is 0 Å². The van der Waals surface area contributed by atoms with Gasteiger partial charge in [0.05, 0.1) is 0 Å². The highest BCUT2D eigenvalue weighted by Crippen LogP contribution is 2.25. The number of phenolic OH excluding ortho intramolecular Hbond substituents is 2. The Morgan fingerprint density at radius 2 is 1.76 bits per heavy atom. The zero-order valence-electron chi connectivity index (χ0n) is 11.8. The van der Waals surface area contributed by atoms with Crippen LogP contribution in [0.3, 0.4) is 0 Å². The number of aromatic hydroxyl groups is 2. The number of hydrogen-bond acceptors (Lipinski definition) is 3. The fraction of sp³-hybridized carbons (Fsp3) is 0.235. The van der Waals surface area contributed by atoms with Crippen molar-refractivity contribution >= 4 is 5.91 Å². The highest BCUT2D eigenvalue weighted by atomic mass is 16.3. The fourth-order valence-corrected chi connectivity index (χ4v) is 2.78. The second-order valence-electron chi connectivity index (χ2n) is 5.43. The molecular formula is C17H17NO3. The van der Waals surface area contributed by atoms with Crippen LogP contribution in [0.1, 0.15) is 27.0 Å². The van der Waals surface area contributed by atoms with E-state index in [1.807, 2.05) is 13.0 Å². The number of phenols is 2. The van der Waals surface area contributed by atoms with Crippen LogP contribution < -0.4 is 0 Å². The van der Waals surface area contributed by atoms with Crippen molar-refractivity contribution in [1.82, 2.24) is 4.90 Å².